The van der Waals surface area contributed by atoms with E-state index in [1.807, 2.05) is 23.9 Å². The Bertz CT molecular complexity index is 916. The molecule has 0 radical (unpaired) electrons. The van der Waals surface area contributed by atoms with Crippen molar-refractivity contribution in [2.24, 2.45) is 0 Å². The first-order chi connectivity index (χ1) is 13.5. The van der Waals surface area contributed by atoms with E-state index in [2.05, 4.69) is 62.1 Å². The Labute approximate surface area is 168 Å². The monoisotopic (exact) mass is 380 g/mol. The summed E-state index contributed by atoms with van der Waals surface area (Å²) in [6.45, 7) is 11.2. The minimum Gasteiger partial charge on any atom is -0.493 e. The van der Waals surface area contributed by atoms with Crippen LogP contribution in [-0.4, -0.2) is 39.9 Å². The number of unbranched alkanes of at least 4 members (excludes halogenated alkanes) is 1. The van der Waals surface area contributed by atoms with Gasteiger partial charge in [-0.15, -0.1) is 0 Å². The number of aromatic nitrogens is 3. The number of ether oxygens (including phenoxy) is 1. The average Bonchev–Trinajstić information content (AvgIpc) is 3.11. The summed E-state index contributed by atoms with van der Waals surface area (Å²) in [4.78, 5) is 7.32. The van der Waals surface area contributed by atoms with E-state index in [0.29, 0.717) is 6.61 Å². The highest BCUT2D eigenvalue weighted by Crippen LogP contribution is 2.31. The van der Waals surface area contributed by atoms with Gasteiger partial charge in [0.1, 0.15) is 5.75 Å². The third-order valence-corrected chi connectivity index (χ3v) is 4.89. The minimum atomic E-state index is 0.244. The molecule has 5 heteroatoms. The first-order valence-electron chi connectivity index (χ1n) is 10.3. The van der Waals surface area contributed by atoms with E-state index in [1.165, 1.54) is 18.4 Å². The molecule has 3 aromatic rings. The number of hydrogen-bond acceptors (Lipinski definition) is 4. The summed E-state index contributed by atoms with van der Waals surface area (Å²) in [5.74, 6) is 0.847. The molecule has 150 valence electrons. The summed E-state index contributed by atoms with van der Waals surface area (Å²) in [7, 11) is 2.18. The average molecular weight is 381 g/mol. The van der Waals surface area contributed by atoms with E-state index in [4.69, 9.17) is 9.72 Å². The fourth-order valence-corrected chi connectivity index (χ4v) is 3.44. The Hall–Kier alpha value is -2.40. The Balaban J connectivity index is 1.98. The van der Waals surface area contributed by atoms with Crippen LogP contribution in [0, 0.1) is 0 Å². The summed E-state index contributed by atoms with van der Waals surface area (Å²) in [5, 5.41) is 5.49. The first kappa shape index (κ1) is 20.3. The Morgan fingerprint density at radius 2 is 2.00 bits per heavy atom. The fourth-order valence-electron chi connectivity index (χ4n) is 3.44. The highest BCUT2D eigenvalue weighted by atomic mass is 16.5. The van der Waals surface area contributed by atoms with Gasteiger partial charge < -0.3 is 9.64 Å². The Kier molecular flexibility index (Phi) is 6.68. The molecule has 5 nitrogen and oxygen atoms in total. The highest BCUT2D eigenvalue weighted by Gasteiger charge is 2.15. The van der Waals surface area contributed by atoms with Crippen LogP contribution in [0.3, 0.4) is 0 Å². The maximum Gasteiger partial charge on any atom is 0.162 e. The molecule has 0 saturated heterocycles. The number of rotatable bonds is 9. The van der Waals surface area contributed by atoms with Crippen molar-refractivity contribution in [1.29, 1.82) is 0 Å². The van der Waals surface area contributed by atoms with Crippen LogP contribution in [-0.2, 0) is 6.54 Å². The molecule has 0 spiro atoms. The van der Waals surface area contributed by atoms with Crippen LogP contribution in [0.4, 0.5) is 0 Å². The predicted molar refractivity (Wildman–Crippen MR) is 116 cm³/mol. The van der Waals surface area contributed by atoms with Crippen molar-refractivity contribution in [3.8, 4) is 17.0 Å². The number of nitrogens with zero attached hydrogens (tertiary/aromatic N) is 4. The van der Waals surface area contributed by atoms with Crippen molar-refractivity contribution in [3.05, 3.63) is 42.1 Å². The van der Waals surface area contributed by atoms with Crippen LogP contribution < -0.4 is 4.74 Å². The van der Waals surface area contributed by atoms with Gasteiger partial charge in [-0.05, 0) is 52.4 Å². The number of benzene rings is 1. The first-order valence-corrected chi connectivity index (χ1v) is 10.3. The van der Waals surface area contributed by atoms with Crippen molar-refractivity contribution in [2.45, 2.75) is 53.1 Å². The van der Waals surface area contributed by atoms with E-state index in [1.54, 1.807) is 0 Å². The van der Waals surface area contributed by atoms with Crippen LogP contribution in [0.5, 0.6) is 5.75 Å². The molecular formula is C23H32N4O. The van der Waals surface area contributed by atoms with Gasteiger partial charge >= 0.3 is 0 Å². The quantitative estimate of drug-likeness (QED) is 0.504. The lowest BCUT2D eigenvalue weighted by Crippen LogP contribution is -2.18. The minimum absolute atomic E-state index is 0.244. The molecule has 0 aliphatic carbocycles. The zero-order chi connectivity index (χ0) is 20.1. The molecule has 0 atom stereocenters. The van der Waals surface area contributed by atoms with Crippen LogP contribution in [0.15, 0.2) is 36.5 Å². The standard InChI is InChI=1S/C23H32N4O/c1-6-8-12-26(5)16-18-10-9-11-19(13-18)21-14-22(28-7-2)20-15-24-27(17(3)4)23(20)25-21/h9-11,13-15,17H,6-8,12,16H2,1-5H3. The molecular weight excluding hydrogens is 348 g/mol. The molecule has 0 aliphatic rings. The van der Waals surface area contributed by atoms with E-state index in [-0.39, 0.29) is 6.04 Å². The van der Waals surface area contributed by atoms with Crippen LogP contribution in [0.25, 0.3) is 22.3 Å². The second kappa shape index (κ2) is 9.20. The SMILES string of the molecule is CCCCN(C)Cc1cccc(-c2cc(OCC)c3cnn(C(C)C)c3n2)c1. The van der Waals surface area contributed by atoms with Crippen molar-refractivity contribution in [2.75, 3.05) is 20.2 Å². The second-order valence-corrected chi connectivity index (χ2v) is 7.65. The molecule has 0 fully saturated rings. The lowest BCUT2D eigenvalue weighted by atomic mass is 10.1. The van der Waals surface area contributed by atoms with E-state index in [9.17, 15) is 0 Å². The molecule has 0 aliphatic heterocycles. The van der Waals surface area contributed by atoms with Gasteiger partial charge in [0, 0.05) is 24.2 Å². The lowest BCUT2D eigenvalue weighted by molar-refractivity contribution is 0.321. The molecule has 0 saturated carbocycles. The summed E-state index contributed by atoms with van der Waals surface area (Å²) >= 11 is 0. The fraction of sp³-hybridized carbons (Fsp3) is 0.478. The lowest BCUT2D eigenvalue weighted by Gasteiger charge is -2.17. The molecule has 2 heterocycles. The van der Waals surface area contributed by atoms with Gasteiger partial charge in [0.15, 0.2) is 5.65 Å². The highest BCUT2D eigenvalue weighted by molar-refractivity contribution is 5.85. The Morgan fingerprint density at radius 3 is 2.71 bits per heavy atom. The third kappa shape index (κ3) is 4.53. The Morgan fingerprint density at radius 1 is 1.18 bits per heavy atom. The number of hydrogen-bond donors (Lipinski definition) is 0. The number of pyridine rings is 1. The van der Waals surface area contributed by atoms with E-state index < -0.39 is 0 Å². The van der Waals surface area contributed by atoms with Crippen molar-refractivity contribution >= 4 is 11.0 Å². The van der Waals surface area contributed by atoms with E-state index >= 15 is 0 Å². The molecule has 1 aromatic carbocycles. The maximum absolute atomic E-state index is 5.91. The van der Waals surface area contributed by atoms with Gasteiger partial charge in [0.25, 0.3) is 0 Å². The number of fused-ring (bicyclic) bond motifs is 1. The van der Waals surface area contributed by atoms with Crippen LogP contribution >= 0.6 is 0 Å². The molecule has 0 amide bonds. The van der Waals surface area contributed by atoms with E-state index in [0.717, 1.165) is 41.1 Å². The van der Waals surface area contributed by atoms with Crippen LogP contribution in [0.1, 0.15) is 52.1 Å². The normalized spacial score (nSPS) is 11.7. The van der Waals surface area contributed by atoms with Crippen molar-refractivity contribution in [1.82, 2.24) is 19.7 Å². The van der Waals surface area contributed by atoms with Gasteiger partial charge in [-0.1, -0.05) is 31.5 Å². The zero-order valence-electron chi connectivity index (χ0n) is 17.8. The molecule has 0 unspecified atom stereocenters. The van der Waals surface area contributed by atoms with Gasteiger partial charge in [-0.3, -0.25) is 0 Å². The third-order valence-electron chi connectivity index (χ3n) is 4.89. The summed E-state index contributed by atoms with van der Waals surface area (Å²) < 4.78 is 7.87. The molecule has 0 N–H and O–H groups in total. The molecule has 2 aromatic heterocycles. The summed E-state index contributed by atoms with van der Waals surface area (Å²) in [5.41, 5.74) is 4.21. The van der Waals surface area contributed by atoms with Gasteiger partial charge in [-0.25, -0.2) is 9.67 Å². The maximum atomic E-state index is 5.91. The second-order valence-electron chi connectivity index (χ2n) is 7.65. The zero-order valence-corrected chi connectivity index (χ0v) is 17.8. The van der Waals surface area contributed by atoms with Crippen LogP contribution in [0.2, 0.25) is 0 Å². The molecule has 0 bridgehead atoms. The van der Waals surface area contributed by atoms with Gasteiger partial charge in [0.2, 0.25) is 0 Å². The molecule has 3 rings (SSSR count). The summed E-state index contributed by atoms with van der Waals surface area (Å²) in [6, 6.07) is 10.9. The van der Waals surface area contributed by atoms with Gasteiger partial charge in [-0.2, -0.15) is 5.10 Å². The van der Waals surface area contributed by atoms with Crippen molar-refractivity contribution < 1.29 is 4.74 Å². The molecule has 28 heavy (non-hydrogen) atoms. The largest absolute Gasteiger partial charge is 0.493 e. The van der Waals surface area contributed by atoms with Crippen molar-refractivity contribution in [3.63, 3.8) is 0 Å². The summed E-state index contributed by atoms with van der Waals surface area (Å²) in [6.07, 6.45) is 4.31. The van der Waals surface area contributed by atoms with Gasteiger partial charge in [0.05, 0.1) is 23.9 Å². The topological polar surface area (TPSA) is 43.2 Å². The predicted octanol–water partition coefficient (Wildman–Crippen LogP) is 5.31. The smallest absolute Gasteiger partial charge is 0.162 e.